The number of hydrazone groups is 1. The topological polar surface area (TPSA) is 196 Å². The highest BCUT2D eigenvalue weighted by molar-refractivity contribution is 5.94. The molecule has 2 aromatic heterocycles. The smallest absolute Gasteiger partial charge is 0.293 e. The summed E-state index contributed by atoms with van der Waals surface area (Å²) in [6.07, 6.45) is 1.20. The number of amides is 1. The predicted octanol–water partition coefficient (Wildman–Crippen LogP) is 1.37. The van der Waals surface area contributed by atoms with Gasteiger partial charge in [-0.1, -0.05) is 17.3 Å². The first-order valence-corrected chi connectivity index (χ1v) is 12.7. The van der Waals surface area contributed by atoms with Crippen LogP contribution in [0.3, 0.4) is 0 Å². The van der Waals surface area contributed by atoms with E-state index in [4.69, 9.17) is 15.1 Å². The molecular weight excluding hydrogens is 553 g/mol. The van der Waals surface area contributed by atoms with Crippen LogP contribution in [-0.2, 0) is 13.2 Å². The van der Waals surface area contributed by atoms with Gasteiger partial charge in [0.15, 0.2) is 5.69 Å². The summed E-state index contributed by atoms with van der Waals surface area (Å²) < 4.78 is 25.3. The van der Waals surface area contributed by atoms with Gasteiger partial charge in [-0.15, -0.1) is 5.10 Å². The lowest BCUT2D eigenvalue weighted by atomic mass is 10.2. The summed E-state index contributed by atoms with van der Waals surface area (Å²) >= 11 is 0. The van der Waals surface area contributed by atoms with Crippen molar-refractivity contribution in [2.45, 2.75) is 13.2 Å². The summed E-state index contributed by atoms with van der Waals surface area (Å²) in [6, 6.07) is 9.76. The van der Waals surface area contributed by atoms with Crippen molar-refractivity contribution < 1.29 is 23.5 Å². The van der Waals surface area contributed by atoms with E-state index < -0.39 is 16.6 Å². The molecular formula is C25H26FN11O5. The number of nitrogens with zero attached hydrogens (tertiary/aromatic N) is 9. The summed E-state index contributed by atoms with van der Waals surface area (Å²) in [5.41, 5.74) is 9.17. The minimum atomic E-state index is -0.690. The van der Waals surface area contributed by atoms with E-state index in [1.807, 2.05) is 7.05 Å². The summed E-state index contributed by atoms with van der Waals surface area (Å²) in [5.74, 6) is -0.814. The van der Waals surface area contributed by atoms with Crippen molar-refractivity contribution >= 4 is 23.6 Å². The number of ether oxygens (including phenoxy) is 1. The fraction of sp³-hybridized carbons (Fsp3) is 0.280. The number of nitro groups is 1. The molecule has 0 bridgehead atoms. The Morgan fingerprint density at radius 1 is 1.24 bits per heavy atom. The average Bonchev–Trinajstić information content (AvgIpc) is 3.58. The molecule has 4 aromatic rings. The molecule has 17 heteroatoms. The van der Waals surface area contributed by atoms with E-state index in [-0.39, 0.29) is 40.9 Å². The van der Waals surface area contributed by atoms with Gasteiger partial charge in [0.1, 0.15) is 18.2 Å². The maximum absolute atomic E-state index is 13.5. The maximum atomic E-state index is 13.5. The normalized spacial score (nSPS) is 14.3. The predicted molar refractivity (Wildman–Crippen MR) is 145 cm³/mol. The molecule has 1 fully saturated rings. The highest BCUT2D eigenvalue weighted by Gasteiger charge is 2.26. The van der Waals surface area contributed by atoms with Crippen LogP contribution >= 0.6 is 0 Å². The van der Waals surface area contributed by atoms with E-state index in [1.165, 1.54) is 41.2 Å². The molecule has 3 N–H and O–H groups in total. The monoisotopic (exact) mass is 579 g/mol. The van der Waals surface area contributed by atoms with Crippen molar-refractivity contribution in [3.8, 4) is 11.6 Å². The quantitative estimate of drug-likeness (QED) is 0.156. The van der Waals surface area contributed by atoms with E-state index in [0.29, 0.717) is 17.8 Å². The van der Waals surface area contributed by atoms with E-state index in [0.717, 1.165) is 26.2 Å². The Balaban J connectivity index is 1.36. The number of halogens is 1. The largest absolute Gasteiger partial charge is 0.488 e. The summed E-state index contributed by atoms with van der Waals surface area (Å²) in [6.45, 7) is 3.49. The van der Waals surface area contributed by atoms with Crippen molar-refractivity contribution in [2.75, 3.05) is 39.0 Å². The number of hydrogen-bond acceptors (Lipinski definition) is 13. The molecule has 1 saturated heterocycles. The number of aromatic nitrogens is 5. The van der Waals surface area contributed by atoms with Crippen molar-refractivity contribution in [2.24, 2.45) is 5.10 Å². The van der Waals surface area contributed by atoms with Gasteiger partial charge in [0.05, 0.1) is 16.8 Å². The zero-order valence-corrected chi connectivity index (χ0v) is 22.4. The van der Waals surface area contributed by atoms with E-state index in [2.05, 4.69) is 41.0 Å². The second kappa shape index (κ2) is 12.5. The molecule has 42 heavy (non-hydrogen) atoms. The minimum Gasteiger partial charge on any atom is -0.488 e. The molecule has 0 radical (unpaired) electrons. The summed E-state index contributed by atoms with van der Waals surface area (Å²) in [4.78, 5) is 28.3. The first-order valence-electron chi connectivity index (χ1n) is 12.7. The Hall–Kier alpha value is -5.29. The first-order chi connectivity index (χ1) is 20.3. The number of nitro benzene ring substituents is 1. The van der Waals surface area contributed by atoms with Crippen LogP contribution in [0.15, 0.2) is 52.2 Å². The zero-order valence-electron chi connectivity index (χ0n) is 22.4. The summed E-state index contributed by atoms with van der Waals surface area (Å²) in [7, 11) is 2.03. The SMILES string of the molecule is CN1CCN(Cc2c(C(=O)N/N=C\c3cc([N+](=O)[O-])ccc3OCc3cccc(F)c3)nnn2-c2nonc2N)CC1. The van der Waals surface area contributed by atoms with E-state index in [9.17, 15) is 19.3 Å². The summed E-state index contributed by atoms with van der Waals surface area (Å²) in [5, 5.41) is 30.7. The van der Waals surface area contributed by atoms with Crippen LogP contribution in [0.5, 0.6) is 5.75 Å². The van der Waals surface area contributed by atoms with E-state index in [1.54, 1.807) is 12.1 Å². The average molecular weight is 580 g/mol. The van der Waals surface area contributed by atoms with Gasteiger partial charge in [0, 0.05) is 50.4 Å². The third kappa shape index (κ3) is 6.53. The van der Waals surface area contributed by atoms with E-state index >= 15 is 0 Å². The van der Waals surface area contributed by atoms with Crippen molar-refractivity contribution in [1.29, 1.82) is 0 Å². The first kappa shape index (κ1) is 28.2. The maximum Gasteiger partial charge on any atom is 0.293 e. The van der Waals surface area contributed by atoms with Crippen molar-refractivity contribution in [3.63, 3.8) is 0 Å². The van der Waals surface area contributed by atoms with Gasteiger partial charge < -0.3 is 15.4 Å². The third-order valence-corrected chi connectivity index (χ3v) is 6.50. The molecule has 0 saturated carbocycles. The number of piperazine rings is 1. The number of non-ortho nitro benzene ring substituents is 1. The number of benzene rings is 2. The van der Waals surface area contributed by atoms with Gasteiger partial charge >= 0.3 is 0 Å². The van der Waals surface area contributed by atoms with Gasteiger partial charge in [-0.3, -0.25) is 19.8 Å². The van der Waals surface area contributed by atoms with Crippen LogP contribution in [0, 0.1) is 15.9 Å². The molecule has 3 heterocycles. The zero-order chi connectivity index (χ0) is 29.6. The molecule has 218 valence electrons. The molecule has 2 aromatic carbocycles. The number of rotatable bonds is 10. The van der Waals surface area contributed by atoms with Crippen LogP contribution < -0.4 is 15.9 Å². The number of carbonyl (C=O) groups excluding carboxylic acids is 1. The van der Waals surface area contributed by atoms with Crippen LogP contribution in [0.4, 0.5) is 15.9 Å². The number of likely N-dealkylation sites (N-methyl/N-ethyl adjacent to an activating group) is 1. The molecule has 1 aliphatic heterocycles. The molecule has 0 atom stereocenters. The number of nitrogens with one attached hydrogen (secondary N) is 1. The molecule has 16 nitrogen and oxygen atoms in total. The molecule has 0 unspecified atom stereocenters. The number of carbonyl (C=O) groups is 1. The Morgan fingerprint density at radius 2 is 2.05 bits per heavy atom. The Morgan fingerprint density at radius 3 is 2.76 bits per heavy atom. The highest BCUT2D eigenvalue weighted by atomic mass is 19.1. The van der Waals surface area contributed by atoms with Crippen LogP contribution in [0.1, 0.15) is 27.3 Å². The number of hydrogen-bond donors (Lipinski definition) is 2. The lowest BCUT2D eigenvalue weighted by Crippen LogP contribution is -2.44. The Kier molecular flexibility index (Phi) is 8.39. The minimum absolute atomic E-state index is 0.00155. The van der Waals surface area contributed by atoms with Gasteiger partial charge in [-0.25, -0.2) is 14.4 Å². The molecule has 0 aliphatic carbocycles. The van der Waals surface area contributed by atoms with Crippen molar-refractivity contribution in [3.05, 3.63) is 80.9 Å². The van der Waals surface area contributed by atoms with Crippen molar-refractivity contribution in [1.82, 2.24) is 40.5 Å². The molecule has 1 aliphatic rings. The number of nitrogen functional groups attached to an aromatic ring is 1. The third-order valence-electron chi connectivity index (χ3n) is 6.50. The van der Waals surface area contributed by atoms with Gasteiger partial charge in [0.2, 0.25) is 11.6 Å². The Bertz CT molecular complexity index is 1610. The highest BCUT2D eigenvalue weighted by Crippen LogP contribution is 2.24. The second-order valence-corrected chi connectivity index (χ2v) is 9.45. The second-order valence-electron chi connectivity index (χ2n) is 9.45. The fourth-order valence-electron chi connectivity index (χ4n) is 4.23. The Labute approximate surface area is 237 Å². The number of anilines is 1. The van der Waals surface area contributed by atoms with Crippen LogP contribution in [-0.4, -0.2) is 85.4 Å². The molecule has 5 rings (SSSR count). The fourth-order valence-corrected chi connectivity index (χ4v) is 4.23. The lowest BCUT2D eigenvalue weighted by Gasteiger charge is -2.32. The van der Waals surface area contributed by atoms with Gasteiger partial charge in [-0.2, -0.15) is 9.78 Å². The number of nitrogens with two attached hydrogens (primary N) is 1. The lowest BCUT2D eigenvalue weighted by molar-refractivity contribution is -0.384. The van der Waals surface area contributed by atoms with Gasteiger partial charge in [0.25, 0.3) is 11.6 Å². The molecule has 0 spiro atoms. The van der Waals surface area contributed by atoms with Gasteiger partial charge in [-0.05, 0) is 41.1 Å². The standard InChI is InChI=1S/C25H26FN11O5/c1-34-7-9-35(10-8-34)14-20-22(29-33-36(20)24-23(27)31-42-32-24)25(38)30-28-13-17-12-19(37(39)40)5-6-21(17)41-15-16-3-2-4-18(26)11-16/h2-6,11-13H,7-10,14-15H2,1H3,(H2,27,31)(H,30,38)/b28-13-. The molecule has 1 amide bonds. The van der Waals surface area contributed by atoms with Crippen LogP contribution in [0.2, 0.25) is 0 Å². The van der Waals surface area contributed by atoms with Crippen LogP contribution in [0.25, 0.3) is 5.82 Å².